The van der Waals surface area contributed by atoms with Crippen LogP contribution in [0.4, 0.5) is 0 Å². The average molecular weight is 427 g/mol. The van der Waals surface area contributed by atoms with E-state index in [1.165, 1.54) is 11.3 Å². The highest BCUT2D eigenvalue weighted by Crippen LogP contribution is 2.29. The van der Waals surface area contributed by atoms with Crippen molar-refractivity contribution in [2.45, 2.75) is 6.04 Å². The normalized spacial score (nSPS) is 16.3. The van der Waals surface area contributed by atoms with E-state index in [2.05, 4.69) is 20.4 Å². The van der Waals surface area contributed by atoms with E-state index in [0.29, 0.717) is 11.4 Å². The zero-order valence-electron chi connectivity index (χ0n) is 14.6. The monoisotopic (exact) mass is 426 g/mol. The number of thiazole rings is 1. The minimum Gasteiger partial charge on any atom is -0.328 e. The van der Waals surface area contributed by atoms with Crippen molar-refractivity contribution in [1.29, 1.82) is 0 Å². The maximum absolute atomic E-state index is 13.1. The predicted molar refractivity (Wildman–Crippen MR) is 110 cm³/mol. The molecule has 0 bridgehead atoms. The van der Waals surface area contributed by atoms with Gasteiger partial charge in [-0.3, -0.25) is 14.5 Å². The molecule has 1 N–H and O–H groups in total. The Balaban J connectivity index is 0.00000131. The van der Waals surface area contributed by atoms with Crippen molar-refractivity contribution in [3.63, 3.8) is 0 Å². The number of hydrogen-bond donors (Lipinski definition) is 1. The molecule has 1 atom stereocenters. The topological polar surface area (TPSA) is 75.9 Å². The molecule has 1 aliphatic rings. The smallest absolute Gasteiger partial charge is 0.266 e. The first-order chi connectivity index (χ1) is 12.2. The van der Waals surface area contributed by atoms with Crippen LogP contribution >= 0.6 is 36.2 Å². The molecule has 0 radical (unpaired) electrons. The summed E-state index contributed by atoms with van der Waals surface area (Å²) in [5.74, 6) is 0.0167. The highest BCUT2D eigenvalue weighted by molar-refractivity contribution is 7.16. The van der Waals surface area contributed by atoms with Crippen molar-refractivity contribution >= 4 is 42.1 Å². The lowest BCUT2D eigenvalue weighted by molar-refractivity contribution is 0.0639. The highest BCUT2D eigenvalue weighted by Gasteiger charge is 2.30. The standard InChI is InChI=1S/C17H18N6OS.2ClH/c1-22-11-13(8-21-22)16-20-10-15(25-16)17(24)23-6-5-19-9-14(23)12-3-2-4-18-7-12;;/h2-4,7-8,10-11,14,19H,5-6,9H2,1H3;2*1H. The number of amides is 1. The van der Waals surface area contributed by atoms with Crippen molar-refractivity contribution in [3.05, 3.63) is 53.6 Å². The number of aromatic nitrogens is 4. The molecule has 3 aromatic heterocycles. The van der Waals surface area contributed by atoms with Gasteiger partial charge in [-0.25, -0.2) is 4.98 Å². The van der Waals surface area contributed by atoms with Gasteiger partial charge in [0.2, 0.25) is 0 Å². The van der Waals surface area contributed by atoms with Crippen molar-refractivity contribution in [2.24, 2.45) is 7.05 Å². The van der Waals surface area contributed by atoms with Crippen LogP contribution in [0, 0.1) is 0 Å². The van der Waals surface area contributed by atoms with Crippen LogP contribution in [0.2, 0.25) is 0 Å². The summed E-state index contributed by atoms with van der Waals surface area (Å²) >= 11 is 1.41. The molecule has 1 saturated heterocycles. The van der Waals surface area contributed by atoms with Crippen LogP contribution in [0.3, 0.4) is 0 Å². The minimum atomic E-state index is -0.0149. The summed E-state index contributed by atoms with van der Waals surface area (Å²) in [6.45, 7) is 2.18. The largest absolute Gasteiger partial charge is 0.328 e. The molecule has 0 spiro atoms. The molecular weight excluding hydrogens is 407 g/mol. The third kappa shape index (κ3) is 4.47. The zero-order chi connectivity index (χ0) is 17.2. The van der Waals surface area contributed by atoms with Gasteiger partial charge < -0.3 is 10.2 Å². The second-order valence-electron chi connectivity index (χ2n) is 5.94. The Hall–Kier alpha value is -2.00. The zero-order valence-corrected chi connectivity index (χ0v) is 17.1. The third-order valence-corrected chi connectivity index (χ3v) is 5.28. The quantitative estimate of drug-likeness (QED) is 0.696. The summed E-state index contributed by atoms with van der Waals surface area (Å²) in [5, 5.41) is 8.33. The van der Waals surface area contributed by atoms with Gasteiger partial charge in [0.15, 0.2) is 0 Å². The van der Waals surface area contributed by atoms with Gasteiger partial charge in [-0.05, 0) is 11.6 Å². The van der Waals surface area contributed by atoms with E-state index in [1.807, 2.05) is 36.5 Å². The maximum atomic E-state index is 13.1. The summed E-state index contributed by atoms with van der Waals surface area (Å²) < 4.78 is 1.73. The molecule has 0 aromatic carbocycles. The number of carbonyl (C=O) groups is 1. The van der Waals surface area contributed by atoms with E-state index < -0.39 is 0 Å². The molecule has 3 aromatic rings. The van der Waals surface area contributed by atoms with Crippen molar-refractivity contribution in [3.8, 4) is 10.6 Å². The van der Waals surface area contributed by atoms with Crippen molar-refractivity contribution in [2.75, 3.05) is 19.6 Å². The lowest BCUT2D eigenvalue weighted by atomic mass is 10.1. The number of hydrogen-bond acceptors (Lipinski definition) is 6. The lowest BCUT2D eigenvalue weighted by Crippen LogP contribution is -2.48. The van der Waals surface area contributed by atoms with Gasteiger partial charge in [0.1, 0.15) is 9.88 Å². The highest BCUT2D eigenvalue weighted by atomic mass is 35.5. The van der Waals surface area contributed by atoms with Crippen molar-refractivity contribution < 1.29 is 4.79 Å². The number of carbonyl (C=O) groups excluding carboxylic acids is 1. The second kappa shape index (κ2) is 9.27. The first-order valence-electron chi connectivity index (χ1n) is 8.09. The van der Waals surface area contributed by atoms with Gasteiger partial charge in [-0.2, -0.15) is 5.10 Å². The molecule has 1 unspecified atom stereocenters. The van der Waals surface area contributed by atoms with E-state index in [-0.39, 0.29) is 36.8 Å². The molecule has 27 heavy (non-hydrogen) atoms. The lowest BCUT2D eigenvalue weighted by Gasteiger charge is -2.36. The van der Waals surface area contributed by atoms with Crippen LogP contribution in [-0.4, -0.2) is 50.2 Å². The maximum Gasteiger partial charge on any atom is 0.266 e. The fraction of sp³-hybridized carbons (Fsp3) is 0.294. The Morgan fingerprint density at radius 3 is 2.85 bits per heavy atom. The number of piperazine rings is 1. The second-order valence-corrected chi connectivity index (χ2v) is 6.97. The van der Waals surface area contributed by atoms with Crippen LogP contribution in [0.1, 0.15) is 21.3 Å². The van der Waals surface area contributed by atoms with Gasteiger partial charge in [0.25, 0.3) is 5.91 Å². The number of nitrogens with one attached hydrogen (secondary N) is 1. The van der Waals surface area contributed by atoms with Gasteiger partial charge >= 0.3 is 0 Å². The van der Waals surface area contributed by atoms with E-state index in [0.717, 1.165) is 29.2 Å². The minimum absolute atomic E-state index is 0. The van der Waals surface area contributed by atoms with Gasteiger partial charge in [-0.1, -0.05) is 6.07 Å². The van der Waals surface area contributed by atoms with Crippen LogP contribution < -0.4 is 5.32 Å². The van der Waals surface area contributed by atoms with Gasteiger partial charge in [0, 0.05) is 50.8 Å². The third-order valence-electron chi connectivity index (χ3n) is 4.24. The van der Waals surface area contributed by atoms with Crippen LogP contribution in [-0.2, 0) is 7.05 Å². The molecule has 0 saturated carbocycles. The average Bonchev–Trinajstić information content (AvgIpc) is 3.31. The predicted octanol–water partition coefficient (Wildman–Crippen LogP) is 2.57. The Kier molecular flexibility index (Phi) is 7.32. The Morgan fingerprint density at radius 1 is 1.30 bits per heavy atom. The number of pyridine rings is 1. The van der Waals surface area contributed by atoms with E-state index >= 15 is 0 Å². The SMILES string of the molecule is Cl.Cl.Cn1cc(-c2ncc(C(=O)N3CCNCC3c3cccnc3)s2)cn1. The summed E-state index contributed by atoms with van der Waals surface area (Å²) in [7, 11) is 1.86. The molecule has 1 aliphatic heterocycles. The molecule has 0 aliphatic carbocycles. The van der Waals surface area contributed by atoms with Gasteiger partial charge in [0.05, 0.1) is 18.4 Å². The van der Waals surface area contributed by atoms with E-state index in [4.69, 9.17) is 0 Å². The van der Waals surface area contributed by atoms with Crippen LogP contribution in [0.15, 0.2) is 43.1 Å². The van der Waals surface area contributed by atoms with Crippen LogP contribution in [0.5, 0.6) is 0 Å². The summed E-state index contributed by atoms with van der Waals surface area (Å²) in [6, 6.07) is 3.90. The molecule has 7 nitrogen and oxygen atoms in total. The fourth-order valence-corrected chi connectivity index (χ4v) is 3.84. The molecule has 10 heteroatoms. The summed E-state index contributed by atoms with van der Waals surface area (Å²) in [6.07, 6.45) is 8.89. The number of halogens is 2. The Bertz CT molecular complexity index is 884. The summed E-state index contributed by atoms with van der Waals surface area (Å²) in [4.78, 5) is 24.2. The molecule has 144 valence electrons. The molecular formula is C17H20Cl2N6OS. The first kappa shape index (κ1) is 21.3. The van der Waals surface area contributed by atoms with Gasteiger partial charge in [-0.15, -0.1) is 36.2 Å². The molecule has 1 amide bonds. The van der Waals surface area contributed by atoms with Crippen LogP contribution in [0.25, 0.3) is 10.6 Å². The summed E-state index contributed by atoms with van der Waals surface area (Å²) in [5.41, 5.74) is 1.97. The molecule has 4 heterocycles. The molecule has 1 fully saturated rings. The number of nitrogens with zero attached hydrogens (tertiary/aromatic N) is 5. The number of aryl methyl sites for hydroxylation is 1. The number of rotatable bonds is 3. The van der Waals surface area contributed by atoms with Crippen molar-refractivity contribution in [1.82, 2.24) is 30.0 Å². The van der Waals surface area contributed by atoms with E-state index in [1.54, 1.807) is 23.3 Å². The molecule has 4 rings (SSSR count). The van der Waals surface area contributed by atoms with E-state index in [9.17, 15) is 4.79 Å². The fourth-order valence-electron chi connectivity index (χ4n) is 3.00. The first-order valence-corrected chi connectivity index (χ1v) is 8.90. The Morgan fingerprint density at radius 2 is 2.15 bits per heavy atom. The Labute approximate surface area is 173 Å².